The highest BCUT2D eigenvalue weighted by atomic mass is 32.2. The summed E-state index contributed by atoms with van der Waals surface area (Å²) in [5, 5.41) is 5.02. The normalized spacial score (nSPS) is 11.6. The smallest absolute Gasteiger partial charge is 0.230 e. The molecule has 29 heavy (non-hydrogen) atoms. The average molecular weight is 429 g/mol. The zero-order chi connectivity index (χ0) is 21.0. The molecule has 2 aromatic heterocycles. The van der Waals surface area contributed by atoms with Crippen molar-refractivity contribution in [2.75, 3.05) is 12.8 Å². The van der Waals surface area contributed by atoms with Crippen LogP contribution in [0.25, 0.3) is 10.2 Å². The number of nitrogens with zero attached hydrogens (tertiary/aromatic N) is 3. The molecule has 1 amide bonds. The number of aromatic nitrogens is 2. The average Bonchev–Trinajstić information content (AvgIpc) is 3.00. The van der Waals surface area contributed by atoms with Crippen molar-refractivity contribution < 1.29 is 4.79 Å². The minimum atomic E-state index is 0.0124. The molecule has 3 aromatic rings. The maximum atomic E-state index is 12.5. The zero-order valence-corrected chi connectivity index (χ0v) is 19.3. The van der Waals surface area contributed by atoms with E-state index in [0.29, 0.717) is 18.3 Å². The van der Waals surface area contributed by atoms with E-state index in [0.717, 1.165) is 27.4 Å². The van der Waals surface area contributed by atoms with Gasteiger partial charge in [0, 0.05) is 29.4 Å². The fourth-order valence-corrected chi connectivity index (χ4v) is 4.92. The number of amides is 1. The van der Waals surface area contributed by atoms with E-state index >= 15 is 0 Å². The van der Waals surface area contributed by atoms with E-state index in [1.165, 1.54) is 27.8 Å². The van der Waals surface area contributed by atoms with Crippen molar-refractivity contribution in [1.82, 2.24) is 20.2 Å². The highest BCUT2D eigenvalue weighted by Crippen LogP contribution is 2.34. The van der Waals surface area contributed by atoms with Gasteiger partial charge in [0.15, 0.2) is 0 Å². The Balaban J connectivity index is 1.60. The van der Waals surface area contributed by atoms with Crippen molar-refractivity contribution in [3.8, 4) is 0 Å². The molecule has 0 aliphatic carbocycles. The van der Waals surface area contributed by atoms with Gasteiger partial charge < -0.3 is 5.32 Å². The lowest BCUT2D eigenvalue weighted by Crippen LogP contribution is -2.28. The first-order valence-corrected chi connectivity index (χ1v) is 11.5. The zero-order valence-electron chi connectivity index (χ0n) is 17.7. The Morgan fingerprint density at radius 3 is 2.66 bits per heavy atom. The van der Waals surface area contributed by atoms with E-state index in [2.05, 4.69) is 73.1 Å². The second-order valence-corrected chi connectivity index (χ2v) is 9.65. The molecule has 7 heteroatoms. The van der Waals surface area contributed by atoms with E-state index in [1.54, 1.807) is 17.7 Å². The largest absolute Gasteiger partial charge is 0.351 e. The number of thioether (sulfide) groups is 1. The lowest BCUT2D eigenvalue weighted by Gasteiger charge is -2.22. The van der Waals surface area contributed by atoms with Crippen molar-refractivity contribution in [3.05, 3.63) is 52.2 Å². The number of carbonyl (C=O) groups is 1. The Labute approximate surface area is 180 Å². The third kappa shape index (κ3) is 5.35. The topological polar surface area (TPSA) is 58.1 Å². The Bertz CT molecular complexity index is 1000. The quantitative estimate of drug-likeness (QED) is 0.421. The second-order valence-electron chi connectivity index (χ2n) is 7.49. The van der Waals surface area contributed by atoms with Crippen LogP contribution in [0.2, 0.25) is 0 Å². The monoisotopic (exact) mass is 428 g/mol. The van der Waals surface area contributed by atoms with Crippen LogP contribution in [0.5, 0.6) is 0 Å². The van der Waals surface area contributed by atoms with Gasteiger partial charge in [0.05, 0.1) is 5.75 Å². The van der Waals surface area contributed by atoms with Gasteiger partial charge in [0.2, 0.25) is 5.91 Å². The minimum absolute atomic E-state index is 0.0124. The Kier molecular flexibility index (Phi) is 7.27. The van der Waals surface area contributed by atoms with Gasteiger partial charge in [-0.15, -0.1) is 11.3 Å². The number of benzene rings is 1. The van der Waals surface area contributed by atoms with Crippen LogP contribution in [-0.4, -0.2) is 39.6 Å². The number of hydrogen-bond donors (Lipinski definition) is 1. The predicted octanol–water partition coefficient (Wildman–Crippen LogP) is 4.56. The molecular formula is C22H28N4OS2. The molecule has 154 valence electrons. The van der Waals surface area contributed by atoms with E-state index in [1.807, 2.05) is 6.07 Å². The number of nitrogens with one attached hydrogen (secondary N) is 1. The molecule has 0 radical (unpaired) electrons. The maximum Gasteiger partial charge on any atom is 0.230 e. The number of thiophene rings is 1. The van der Waals surface area contributed by atoms with Crippen molar-refractivity contribution in [2.24, 2.45) is 0 Å². The molecule has 0 saturated carbocycles. The summed E-state index contributed by atoms with van der Waals surface area (Å²) in [6.45, 7) is 9.96. The summed E-state index contributed by atoms with van der Waals surface area (Å²) < 4.78 is 0. The van der Waals surface area contributed by atoms with Gasteiger partial charge in [-0.1, -0.05) is 36.0 Å². The van der Waals surface area contributed by atoms with Gasteiger partial charge in [-0.2, -0.15) is 0 Å². The molecule has 0 aliphatic rings. The van der Waals surface area contributed by atoms with Crippen LogP contribution in [0.4, 0.5) is 0 Å². The van der Waals surface area contributed by atoms with Crippen LogP contribution in [0, 0.1) is 13.8 Å². The standard InChI is InChI=1S/C22H28N4OS2/c1-14(2)26(5)11-18-9-7-6-8-17(18)10-23-19(27)12-28-21-20-15(3)16(4)29-22(20)25-13-24-21/h6-9,13-14H,10-12H2,1-5H3,(H,23,27). The van der Waals surface area contributed by atoms with Crippen molar-refractivity contribution in [2.45, 2.75) is 51.9 Å². The highest BCUT2D eigenvalue weighted by Gasteiger charge is 2.14. The van der Waals surface area contributed by atoms with Gasteiger partial charge >= 0.3 is 0 Å². The van der Waals surface area contributed by atoms with Crippen LogP contribution in [0.15, 0.2) is 35.6 Å². The fraction of sp³-hybridized carbons (Fsp3) is 0.409. The van der Waals surface area contributed by atoms with E-state index in [9.17, 15) is 4.79 Å². The molecule has 1 aromatic carbocycles. The van der Waals surface area contributed by atoms with E-state index in [4.69, 9.17) is 0 Å². The molecule has 0 fully saturated rings. The van der Waals surface area contributed by atoms with Crippen LogP contribution in [0.3, 0.4) is 0 Å². The van der Waals surface area contributed by atoms with E-state index in [-0.39, 0.29) is 5.91 Å². The molecule has 0 spiro atoms. The van der Waals surface area contributed by atoms with Crippen LogP contribution in [0.1, 0.15) is 35.4 Å². The number of hydrogen-bond acceptors (Lipinski definition) is 6. The number of aryl methyl sites for hydroxylation is 2. The Morgan fingerprint density at radius 1 is 1.21 bits per heavy atom. The summed E-state index contributed by atoms with van der Waals surface area (Å²) in [5.74, 6) is 0.354. The summed E-state index contributed by atoms with van der Waals surface area (Å²) in [5.41, 5.74) is 3.61. The summed E-state index contributed by atoms with van der Waals surface area (Å²) in [7, 11) is 2.12. The van der Waals surface area contributed by atoms with Crippen molar-refractivity contribution in [3.63, 3.8) is 0 Å². The lowest BCUT2D eigenvalue weighted by molar-refractivity contribution is -0.118. The second kappa shape index (κ2) is 9.69. The molecule has 0 unspecified atom stereocenters. The highest BCUT2D eigenvalue weighted by molar-refractivity contribution is 8.00. The van der Waals surface area contributed by atoms with E-state index < -0.39 is 0 Å². The first-order valence-electron chi connectivity index (χ1n) is 9.74. The SMILES string of the molecule is Cc1sc2ncnc(SCC(=O)NCc3ccccc3CN(C)C(C)C)c2c1C. The third-order valence-corrected chi connectivity index (χ3v) is 7.27. The molecule has 0 saturated heterocycles. The fourth-order valence-electron chi connectivity index (χ4n) is 2.97. The van der Waals surface area contributed by atoms with Crippen LogP contribution < -0.4 is 5.32 Å². The van der Waals surface area contributed by atoms with Crippen molar-refractivity contribution >= 4 is 39.2 Å². The predicted molar refractivity (Wildman–Crippen MR) is 123 cm³/mol. The van der Waals surface area contributed by atoms with Gasteiger partial charge in [-0.3, -0.25) is 9.69 Å². The van der Waals surface area contributed by atoms with Gasteiger partial charge in [0.1, 0.15) is 16.2 Å². The van der Waals surface area contributed by atoms with Gasteiger partial charge in [-0.25, -0.2) is 9.97 Å². The minimum Gasteiger partial charge on any atom is -0.351 e. The van der Waals surface area contributed by atoms with Crippen LogP contribution in [-0.2, 0) is 17.9 Å². The molecule has 0 aliphatic heterocycles. The van der Waals surface area contributed by atoms with Gasteiger partial charge in [-0.05, 0) is 51.4 Å². The number of fused-ring (bicyclic) bond motifs is 1. The molecule has 0 atom stereocenters. The number of rotatable bonds is 8. The molecule has 2 heterocycles. The first-order chi connectivity index (χ1) is 13.9. The van der Waals surface area contributed by atoms with Crippen LogP contribution >= 0.6 is 23.1 Å². The van der Waals surface area contributed by atoms with Crippen molar-refractivity contribution in [1.29, 1.82) is 0 Å². The molecule has 5 nitrogen and oxygen atoms in total. The molecular weight excluding hydrogens is 400 g/mol. The molecule has 1 N–H and O–H groups in total. The summed E-state index contributed by atoms with van der Waals surface area (Å²) in [6.07, 6.45) is 1.58. The maximum absolute atomic E-state index is 12.5. The lowest BCUT2D eigenvalue weighted by atomic mass is 10.1. The Hall–Kier alpha value is -1.96. The Morgan fingerprint density at radius 2 is 1.93 bits per heavy atom. The summed E-state index contributed by atoms with van der Waals surface area (Å²) >= 11 is 3.15. The number of carbonyl (C=O) groups excluding carboxylic acids is 1. The first kappa shape index (κ1) is 21.7. The third-order valence-electron chi connectivity index (χ3n) is 5.17. The summed E-state index contributed by atoms with van der Waals surface area (Å²) in [6, 6.07) is 8.77. The summed E-state index contributed by atoms with van der Waals surface area (Å²) in [4.78, 5) is 25.8. The van der Waals surface area contributed by atoms with Gasteiger partial charge in [0.25, 0.3) is 0 Å². The molecule has 3 rings (SSSR count). The molecule has 0 bridgehead atoms.